The third-order valence-corrected chi connectivity index (χ3v) is 8.77. The molecule has 4 heterocycles. The summed E-state index contributed by atoms with van der Waals surface area (Å²) in [4.78, 5) is 41.5. The summed E-state index contributed by atoms with van der Waals surface area (Å²) in [6.07, 6.45) is 5.98. The first-order valence-corrected chi connectivity index (χ1v) is 20.5. The van der Waals surface area contributed by atoms with Gasteiger partial charge in [0.25, 0.3) is 23.0 Å². The fourth-order valence-corrected chi connectivity index (χ4v) is 5.62. The van der Waals surface area contributed by atoms with Crippen LogP contribution in [0.25, 0.3) is 22.5 Å². The van der Waals surface area contributed by atoms with Gasteiger partial charge in [-0.25, -0.2) is 37.5 Å². The maximum absolute atomic E-state index is 12.4. The van der Waals surface area contributed by atoms with Crippen LogP contribution in [0.15, 0.2) is 85.7 Å². The van der Waals surface area contributed by atoms with Crippen LogP contribution in [0.2, 0.25) is 0 Å². The molecule has 0 saturated carbocycles. The molecule has 6 aromatic rings. The number of benzene rings is 2. The lowest BCUT2D eigenvalue weighted by Crippen LogP contribution is -2.09. The van der Waals surface area contributed by atoms with Crippen molar-refractivity contribution >= 4 is 45.0 Å². The first kappa shape index (κ1) is 48.2. The van der Waals surface area contributed by atoms with E-state index < -0.39 is 36.1 Å². The van der Waals surface area contributed by atoms with Crippen molar-refractivity contribution in [1.29, 1.82) is 10.5 Å². The van der Waals surface area contributed by atoms with Crippen LogP contribution in [0.4, 0.5) is 40.8 Å². The number of alkyl halides is 4. The summed E-state index contributed by atoms with van der Waals surface area (Å²) in [5.41, 5.74) is 7.35. The Hall–Kier alpha value is -7.43. The van der Waals surface area contributed by atoms with E-state index in [1.807, 2.05) is 38.1 Å². The Bertz CT molecular complexity index is 2630. The molecule has 0 amide bonds. The fourth-order valence-electron chi connectivity index (χ4n) is 5.27. The molecule has 0 atom stereocenters. The zero-order chi connectivity index (χ0) is 45.9. The van der Waals surface area contributed by atoms with E-state index in [-0.39, 0.29) is 37.2 Å². The number of aromatic amines is 1. The second-order valence-corrected chi connectivity index (χ2v) is 14.9. The monoisotopic (exact) mass is 888 g/mol. The number of aromatic nitrogens is 8. The number of carbonyl (C=O) groups excluding carboxylic acids is 2. The highest BCUT2D eigenvalue weighted by Crippen LogP contribution is 2.25. The molecular formula is C41H40F4N12O5S. The molecule has 0 radical (unpaired) electrons. The number of ketones is 2. The van der Waals surface area contributed by atoms with E-state index in [1.165, 1.54) is 12.4 Å². The molecule has 0 unspecified atom stereocenters. The van der Waals surface area contributed by atoms with Crippen LogP contribution in [0.1, 0.15) is 57.5 Å². The largest absolute Gasteiger partial charge is 0.321 e. The van der Waals surface area contributed by atoms with Gasteiger partial charge in [-0.1, -0.05) is 48.5 Å². The first-order valence-electron chi connectivity index (χ1n) is 18.7. The van der Waals surface area contributed by atoms with E-state index in [0.29, 0.717) is 34.4 Å². The number of rotatable bonds is 17. The Balaban J connectivity index is 0.000000234. The van der Waals surface area contributed by atoms with E-state index in [1.54, 1.807) is 61.2 Å². The maximum Gasteiger partial charge on any atom is 0.264 e. The number of Topliss-reactive ketones (excluding diaryl/α,β-unsaturated/α-hetero) is 2. The summed E-state index contributed by atoms with van der Waals surface area (Å²) in [6, 6.07) is 18.2. The van der Waals surface area contributed by atoms with Crippen LogP contribution >= 0.6 is 0 Å². The lowest BCUT2D eigenvalue weighted by molar-refractivity contribution is 0.0853. The number of hydrogen-bond donors (Lipinski definition) is 3. The zero-order valence-corrected chi connectivity index (χ0v) is 34.8. The number of hydrogen-bond acceptors (Lipinski definition) is 15. The number of H-pyrrole nitrogens is 1. The van der Waals surface area contributed by atoms with Crippen LogP contribution in [-0.4, -0.2) is 85.6 Å². The molecule has 0 aliphatic rings. The molecule has 328 valence electrons. The minimum atomic E-state index is -3.70. The summed E-state index contributed by atoms with van der Waals surface area (Å²) in [5.74, 6) is 0.656. The Kier molecular flexibility index (Phi) is 18.0. The highest BCUT2D eigenvalue weighted by molar-refractivity contribution is 7.85. The fraction of sp³-hybridized carbons (Fsp3) is 0.268. The number of nitrogens with zero attached hydrogens (tertiary/aromatic N) is 9. The highest BCUT2D eigenvalue weighted by atomic mass is 32.2. The van der Waals surface area contributed by atoms with E-state index in [4.69, 9.17) is 10.5 Å². The van der Waals surface area contributed by atoms with Crippen LogP contribution in [0.5, 0.6) is 0 Å². The second-order valence-electron chi connectivity index (χ2n) is 13.2. The van der Waals surface area contributed by atoms with E-state index >= 15 is 0 Å². The first-order chi connectivity index (χ1) is 30.0. The van der Waals surface area contributed by atoms with Crippen molar-refractivity contribution < 1.29 is 39.8 Å². The van der Waals surface area contributed by atoms with E-state index in [0.717, 1.165) is 44.6 Å². The normalized spacial score (nSPS) is 10.8. The number of nitrogens with one attached hydrogen (secondary N) is 3. The molecule has 0 aliphatic carbocycles. The van der Waals surface area contributed by atoms with Crippen molar-refractivity contribution in [1.82, 2.24) is 39.9 Å². The Morgan fingerprint density at radius 1 is 0.762 bits per heavy atom. The van der Waals surface area contributed by atoms with Crippen molar-refractivity contribution in [3.63, 3.8) is 0 Å². The summed E-state index contributed by atoms with van der Waals surface area (Å²) in [7, 11) is -3.70. The van der Waals surface area contributed by atoms with Crippen molar-refractivity contribution in [2.24, 2.45) is 0 Å². The van der Waals surface area contributed by atoms with Crippen LogP contribution < -0.4 is 10.6 Å². The molecule has 22 heteroatoms. The molecule has 63 heavy (non-hydrogen) atoms. The number of halogens is 4. The lowest BCUT2D eigenvalue weighted by Gasteiger charge is -2.09. The van der Waals surface area contributed by atoms with Gasteiger partial charge in [0.05, 0.1) is 53.6 Å². The predicted octanol–water partition coefficient (Wildman–Crippen LogP) is 7.78. The standard InChI is InChI=1S/C20H18F2N6O.C18H16N6O.C3H6F2O3S/c1-13-9-24-20(26-16-10-25-28(11-16)12-18(21)22)27-19(13)15-6-4-14(5-7-15)17(29)3-2-8-23;1-12-9-20-18(23-15-10-21-22-11-15)24-17(12)14-6-4-13(5-7-14)16(25)3-2-8-19;1-9(6,7)8-2-3(4)5/h4-7,9-11,18H,2-3,12H2,1H3,(H,24,26,27);4-7,9-11H,2-3H2,1H3,(H,21,22)(H,20,23,24);3H,2H2,1H3. The Labute approximate surface area is 359 Å². The predicted molar refractivity (Wildman–Crippen MR) is 223 cm³/mol. The number of carbonyl (C=O) groups is 2. The topological polar surface area (TPSA) is 247 Å². The van der Waals surface area contributed by atoms with Crippen LogP contribution in [0, 0.1) is 36.5 Å². The van der Waals surface area contributed by atoms with Gasteiger partial charge in [-0.15, -0.1) is 0 Å². The molecule has 3 N–H and O–H groups in total. The smallest absolute Gasteiger partial charge is 0.264 e. The number of nitriles is 2. The van der Waals surface area contributed by atoms with Crippen LogP contribution in [-0.2, 0) is 20.8 Å². The van der Waals surface area contributed by atoms with Gasteiger partial charge in [-0.2, -0.15) is 29.1 Å². The van der Waals surface area contributed by atoms with Gasteiger partial charge in [0.1, 0.15) is 13.2 Å². The summed E-state index contributed by atoms with van der Waals surface area (Å²) in [6.45, 7) is 2.26. The molecule has 0 bridgehead atoms. The molecule has 4 aromatic heterocycles. The molecule has 6 rings (SSSR count). The molecule has 0 saturated heterocycles. The van der Waals surface area contributed by atoms with Gasteiger partial charge in [0, 0.05) is 72.7 Å². The second kappa shape index (κ2) is 23.5. The highest BCUT2D eigenvalue weighted by Gasteiger charge is 2.13. The quantitative estimate of drug-likeness (QED) is 0.0449. The summed E-state index contributed by atoms with van der Waals surface area (Å²) >= 11 is 0. The van der Waals surface area contributed by atoms with Gasteiger partial charge in [-0.3, -0.25) is 23.6 Å². The van der Waals surface area contributed by atoms with Crippen molar-refractivity contribution in [3.8, 4) is 34.7 Å². The van der Waals surface area contributed by atoms with Gasteiger partial charge < -0.3 is 10.6 Å². The molecule has 2 aromatic carbocycles. The van der Waals surface area contributed by atoms with Gasteiger partial charge >= 0.3 is 0 Å². The average molecular weight is 889 g/mol. The summed E-state index contributed by atoms with van der Waals surface area (Å²) < 4.78 is 72.0. The minimum Gasteiger partial charge on any atom is -0.321 e. The van der Waals surface area contributed by atoms with Crippen LogP contribution in [0.3, 0.4) is 0 Å². The third kappa shape index (κ3) is 16.2. The maximum atomic E-state index is 12.4. The summed E-state index contributed by atoms with van der Waals surface area (Å²) in [5, 5.41) is 33.6. The van der Waals surface area contributed by atoms with Crippen molar-refractivity contribution in [3.05, 3.63) is 108 Å². The molecule has 0 spiro atoms. The molecular weight excluding hydrogens is 849 g/mol. The van der Waals surface area contributed by atoms with Crippen molar-refractivity contribution in [2.45, 2.75) is 58.9 Å². The lowest BCUT2D eigenvalue weighted by atomic mass is 10.0. The number of aryl methyl sites for hydroxylation is 2. The molecule has 0 fully saturated rings. The van der Waals surface area contributed by atoms with E-state index in [9.17, 15) is 35.6 Å². The van der Waals surface area contributed by atoms with Gasteiger partial charge in [0.2, 0.25) is 11.9 Å². The molecule has 17 nitrogen and oxygen atoms in total. The third-order valence-electron chi connectivity index (χ3n) is 8.21. The van der Waals surface area contributed by atoms with E-state index in [2.05, 4.69) is 50.0 Å². The zero-order valence-electron chi connectivity index (χ0n) is 34.0. The SMILES string of the molecule is CS(=O)(=O)OCC(F)F.Cc1cnc(Nc2cn[nH]c2)nc1-c1ccc(C(=O)CCC#N)cc1.Cc1cnc(Nc2cnn(CC(F)F)c2)nc1-c1ccc(C(=O)CCC#N)cc1. The van der Waals surface area contributed by atoms with Gasteiger partial charge in [0.15, 0.2) is 11.6 Å². The molecule has 0 aliphatic heterocycles. The number of anilines is 4. The Morgan fingerprint density at radius 3 is 1.65 bits per heavy atom. The Morgan fingerprint density at radius 2 is 1.25 bits per heavy atom. The van der Waals surface area contributed by atoms with Gasteiger partial charge in [-0.05, 0) is 25.0 Å². The van der Waals surface area contributed by atoms with Crippen molar-refractivity contribution in [2.75, 3.05) is 23.5 Å². The average Bonchev–Trinajstić information content (AvgIpc) is 3.94. The minimum absolute atomic E-state index is 0.0326.